The number of imidazole rings is 1. The molecule has 0 amide bonds. The number of hydrogen-bond acceptors (Lipinski definition) is 2. The third kappa shape index (κ3) is 1.89. The maximum atomic E-state index is 5.91. The lowest BCUT2D eigenvalue weighted by Gasteiger charge is -2.39. The van der Waals surface area contributed by atoms with Gasteiger partial charge >= 0.3 is 0 Å². The van der Waals surface area contributed by atoms with E-state index in [4.69, 9.17) is 5.73 Å². The zero-order chi connectivity index (χ0) is 12.6. The molecule has 1 fully saturated rings. The zero-order valence-electron chi connectivity index (χ0n) is 10.1. The van der Waals surface area contributed by atoms with E-state index in [1.807, 2.05) is 18.3 Å². The van der Waals surface area contributed by atoms with Gasteiger partial charge in [0.2, 0.25) is 0 Å². The monoisotopic (exact) mass is 305 g/mol. The summed E-state index contributed by atoms with van der Waals surface area (Å²) in [4.78, 5) is 7.97. The number of nitrogens with two attached hydrogens (primary N) is 1. The molecule has 2 aromatic rings. The van der Waals surface area contributed by atoms with E-state index in [1.54, 1.807) is 0 Å². The third-order valence-corrected chi connectivity index (χ3v) is 4.41. The Bertz CT molecular complexity index is 552. The molecule has 0 spiro atoms. The molecule has 3 rings (SSSR count). The van der Waals surface area contributed by atoms with E-state index in [9.17, 15) is 0 Å². The van der Waals surface area contributed by atoms with Crippen molar-refractivity contribution in [3.63, 3.8) is 0 Å². The second kappa shape index (κ2) is 4.52. The first-order valence-electron chi connectivity index (χ1n) is 6.25. The lowest BCUT2D eigenvalue weighted by atomic mass is 9.68. The molecule has 1 heterocycles. The maximum Gasteiger partial charge on any atom is 0.114 e. The van der Waals surface area contributed by atoms with Crippen molar-refractivity contribution in [3.05, 3.63) is 40.8 Å². The van der Waals surface area contributed by atoms with E-state index < -0.39 is 0 Å². The highest BCUT2D eigenvalue weighted by atomic mass is 79.9. The maximum absolute atomic E-state index is 5.91. The summed E-state index contributed by atoms with van der Waals surface area (Å²) in [6.45, 7) is 0.679. The van der Waals surface area contributed by atoms with Gasteiger partial charge in [0.1, 0.15) is 5.82 Å². The molecular weight excluding hydrogens is 290 g/mol. The lowest BCUT2D eigenvalue weighted by molar-refractivity contribution is 0.240. The predicted molar refractivity (Wildman–Crippen MR) is 76.3 cm³/mol. The van der Waals surface area contributed by atoms with E-state index >= 15 is 0 Å². The van der Waals surface area contributed by atoms with Crippen LogP contribution < -0.4 is 5.73 Å². The van der Waals surface area contributed by atoms with Gasteiger partial charge in [0.25, 0.3) is 0 Å². The van der Waals surface area contributed by atoms with Crippen molar-refractivity contribution in [2.75, 3.05) is 6.54 Å². The average Bonchev–Trinajstić information content (AvgIpc) is 2.78. The number of aromatic nitrogens is 2. The van der Waals surface area contributed by atoms with Crippen LogP contribution in [0.4, 0.5) is 0 Å². The van der Waals surface area contributed by atoms with Gasteiger partial charge in [-0.25, -0.2) is 4.98 Å². The normalized spacial score (nSPS) is 17.4. The second-order valence-corrected chi connectivity index (χ2v) is 5.91. The summed E-state index contributed by atoms with van der Waals surface area (Å²) in [6.07, 6.45) is 5.46. The molecule has 4 heteroatoms. The molecular formula is C14H16BrN3. The standard InChI is InChI=1S/C14H16BrN3/c15-11-4-1-3-10(7-11)12-8-17-13(18-12)14(9-16)5-2-6-14/h1,3-4,7-8H,2,5-6,9,16H2,(H,17,18). The smallest absolute Gasteiger partial charge is 0.114 e. The van der Waals surface area contributed by atoms with Crippen LogP contribution in [0.2, 0.25) is 0 Å². The molecule has 1 aliphatic carbocycles. The van der Waals surface area contributed by atoms with Crippen LogP contribution in [0, 0.1) is 0 Å². The number of H-pyrrole nitrogens is 1. The fraction of sp³-hybridized carbons (Fsp3) is 0.357. The summed E-state index contributed by atoms with van der Waals surface area (Å²) in [5.74, 6) is 1.05. The minimum atomic E-state index is 0.101. The van der Waals surface area contributed by atoms with Crippen LogP contribution >= 0.6 is 15.9 Å². The first-order valence-corrected chi connectivity index (χ1v) is 7.04. The quantitative estimate of drug-likeness (QED) is 0.915. The first kappa shape index (κ1) is 11.9. The predicted octanol–water partition coefficient (Wildman–Crippen LogP) is 3.22. The number of nitrogens with zero attached hydrogens (tertiary/aromatic N) is 1. The third-order valence-electron chi connectivity index (χ3n) is 3.92. The molecule has 1 aromatic heterocycles. The van der Waals surface area contributed by atoms with Crippen LogP contribution in [0.3, 0.4) is 0 Å². The highest BCUT2D eigenvalue weighted by Gasteiger charge is 2.39. The summed E-state index contributed by atoms with van der Waals surface area (Å²) in [6, 6.07) is 8.22. The van der Waals surface area contributed by atoms with E-state index in [0.717, 1.165) is 34.4 Å². The summed E-state index contributed by atoms with van der Waals surface area (Å²) in [5, 5.41) is 0. The van der Waals surface area contributed by atoms with E-state index in [-0.39, 0.29) is 5.41 Å². The fourth-order valence-corrected chi connectivity index (χ4v) is 2.93. The Balaban J connectivity index is 1.94. The molecule has 94 valence electrons. The van der Waals surface area contributed by atoms with Crippen molar-refractivity contribution in [2.24, 2.45) is 5.73 Å². The Labute approximate surface area is 115 Å². The molecule has 0 aliphatic heterocycles. The van der Waals surface area contributed by atoms with Gasteiger partial charge < -0.3 is 10.7 Å². The van der Waals surface area contributed by atoms with Crippen molar-refractivity contribution >= 4 is 15.9 Å². The number of benzene rings is 1. The highest BCUT2D eigenvalue weighted by molar-refractivity contribution is 9.10. The van der Waals surface area contributed by atoms with E-state index in [1.165, 1.54) is 6.42 Å². The van der Waals surface area contributed by atoms with Gasteiger partial charge in [-0.2, -0.15) is 0 Å². The van der Waals surface area contributed by atoms with Crippen molar-refractivity contribution in [1.82, 2.24) is 9.97 Å². The zero-order valence-corrected chi connectivity index (χ0v) is 11.7. The summed E-state index contributed by atoms with van der Waals surface area (Å²) >= 11 is 3.49. The molecule has 0 unspecified atom stereocenters. The molecule has 0 saturated heterocycles. The van der Waals surface area contributed by atoms with Crippen LogP contribution in [0.5, 0.6) is 0 Å². The van der Waals surface area contributed by atoms with Gasteiger partial charge in [-0.3, -0.25) is 0 Å². The van der Waals surface area contributed by atoms with Gasteiger partial charge in [-0.1, -0.05) is 34.5 Å². The largest absolute Gasteiger partial charge is 0.342 e. The number of nitrogens with one attached hydrogen (secondary N) is 1. The van der Waals surface area contributed by atoms with E-state index in [0.29, 0.717) is 6.54 Å². The average molecular weight is 306 g/mol. The SMILES string of the molecule is NCC1(c2ncc(-c3cccc(Br)c3)[nH]2)CCC1. The number of aromatic amines is 1. The Morgan fingerprint density at radius 1 is 1.39 bits per heavy atom. The van der Waals surface area contributed by atoms with Crippen LogP contribution in [-0.2, 0) is 5.41 Å². The molecule has 0 bridgehead atoms. The van der Waals surface area contributed by atoms with Crippen molar-refractivity contribution < 1.29 is 0 Å². The molecule has 0 atom stereocenters. The molecule has 3 N–H and O–H groups in total. The van der Waals surface area contributed by atoms with Crippen LogP contribution in [0.15, 0.2) is 34.9 Å². The minimum absolute atomic E-state index is 0.101. The Morgan fingerprint density at radius 3 is 2.83 bits per heavy atom. The van der Waals surface area contributed by atoms with Gasteiger partial charge in [0, 0.05) is 22.0 Å². The Morgan fingerprint density at radius 2 is 2.22 bits per heavy atom. The fourth-order valence-electron chi connectivity index (χ4n) is 2.53. The lowest BCUT2D eigenvalue weighted by Crippen LogP contribution is -2.42. The van der Waals surface area contributed by atoms with Crippen molar-refractivity contribution in [1.29, 1.82) is 0 Å². The minimum Gasteiger partial charge on any atom is -0.342 e. The van der Waals surface area contributed by atoms with Gasteiger partial charge in [0.15, 0.2) is 0 Å². The van der Waals surface area contributed by atoms with Crippen LogP contribution in [0.25, 0.3) is 11.3 Å². The molecule has 1 aliphatic rings. The highest BCUT2D eigenvalue weighted by Crippen LogP contribution is 2.41. The Hall–Kier alpha value is -1.13. The Kier molecular flexibility index (Phi) is 2.99. The van der Waals surface area contributed by atoms with Crippen LogP contribution in [-0.4, -0.2) is 16.5 Å². The van der Waals surface area contributed by atoms with Gasteiger partial charge in [-0.05, 0) is 25.0 Å². The summed E-state index contributed by atoms with van der Waals surface area (Å²) in [7, 11) is 0. The van der Waals surface area contributed by atoms with Gasteiger partial charge in [0.05, 0.1) is 11.9 Å². The van der Waals surface area contributed by atoms with Crippen molar-refractivity contribution in [3.8, 4) is 11.3 Å². The molecule has 18 heavy (non-hydrogen) atoms. The summed E-state index contributed by atoms with van der Waals surface area (Å²) < 4.78 is 1.08. The van der Waals surface area contributed by atoms with Crippen LogP contribution in [0.1, 0.15) is 25.1 Å². The van der Waals surface area contributed by atoms with E-state index in [2.05, 4.69) is 38.0 Å². The first-order chi connectivity index (χ1) is 8.73. The molecule has 1 aromatic carbocycles. The molecule has 1 saturated carbocycles. The second-order valence-electron chi connectivity index (χ2n) is 4.99. The van der Waals surface area contributed by atoms with Gasteiger partial charge in [-0.15, -0.1) is 0 Å². The van der Waals surface area contributed by atoms with Crippen molar-refractivity contribution in [2.45, 2.75) is 24.7 Å². The molecule has 0 radical (unpaired) electrons. The summed E-state index contributed by atoms with van der Waals surface area (Å²) in [5.41, 5.74) is 8.22. The number of hydrogen-bond donors (Lipinski definition) is 2. The number of rotatable bonds is 3. The molecule has 3 nitrogen and oxygen atoms in total. The topological polar surface area (TPSA) is 54.7 Å². The number of halogens is 1.